The average Bonchev–Trinajstić information content (AvgIpc) is 2.95. The molecule has 0 saturated heterocycles. The standard InChI is InChI=1S/C18H18N2OSSi/c1-23(2,3)10-8-13-6-7-15-14(11-13)18(16-5-4-9-22-16)19-12-17(21)20-15/h4-7,9,11H,12H2,1-3H3,(H,20,21). The van der Waals surface area contributed by atoms with E-state index in [1.165, 1.54) is 0 Å². The van der Waals surface area contributed by atoms with Gasteiger partial charge in [0.2, 0.25) is 5.91 Å². The molecule has 0 atom stereocenters. The number of amides is 1. The highest BCUT2D eigenvalue weighted by Gasteiger charge is 2.19. The Morgan fingerprint density at radius 2 is 2.09 bits per heavy atom. The van der Waals surface area contributed by atoms with E-state index < -0.39 is 8.07 Å². The van der Waals surface area contributed by atoms with Crippen LogP contribution in [0.3, 0.4) is 0 Å². The van der Waals surface area contributed by atoms with Crippen LogP contribution in [0.4, 0.5) is 5.69 Å². The monoisotopic (exact) mass is 338 g/mol. The van der Waals surface area contributed by atoms with Gasteiger partial charge in [0, 0.05) is 11.1 Å². The zero-order valence-electron chi connectivity index (χ0n) is 13.4. The predicted molar refractivity (Wildman–Crippen MR) is 100 cm³/mol. The minimum absolute atomic E-state index is 0.0845. The number of fused-ring (bicyclic) bond motifs is 1. The van der Waals surface area contributed by atoms with Crippen molar-refractivity contribution < 1.29 is 4.79 Å². The minimum atomic E-state index is -1.43. The van der Waals surface area contributed by atoms with Gasteiger partial charge in [-0.15, -0.1) is 16.9 Å². The maximum Gasteiger partial charge on any atom is 0.246 e. The summed E-state index contributed by atoms with van der Waals surface area (Å²) in [6.07, 6.45) is 0. The van der Waals surface area contributed by atoms with E-state index in [2.05, 4.69) is 41.4 Å². The van der Waals surface area contributed by atoms with Crippen molar-refractivity contribution in [1.82, 2.24) is 0 Å². The summed E-state index contributed by atoms with van der Waals surface area (Å²) in [5, 5.41) is 4.95. The number of hydrogen-bond acceptors (Lipinski definition) is 3. The quantitative estimate of drug-likeness (QED) is 0.624. The number of carbonyl (C=O) groups is 1. The number of benzene rings is 1. The number of anilines is 1. The normalized spacial score (nSPS) is 14.0. The molecule has 116 valence electrons. The molecule has 1 aliphatic rings. The van der Waals surface area contributed by atoms with Crippen LogP contribution in [0.5, 0.6) is 0 Å². The van der Waals surface area contributed by atoms with Crippen LogP contribution in [-0.2, 0) is 4.79 Å². The van der Waals surface area contributed by atoms with Crippen LogP contribution in [0.2, 0.25) is 19.6 Å². The lowest BCUT2D eigenvalue weighted by Gasteiger charge is -2.09. The van der Waals surface area contributed by atoms with Crippen LogP contribution in [0, 0.1) is 11.5 Å². The molecule has 1 aliphatic heterocycles. The van der Waals surface area contributed by atoms with Crippen LogP contribution in [-0.4, -0.2) is 26.2 Å². The van der Waals surface area contributed by atoms with Crippen LogP contribution < -0.4 is 5.32 Å². The Kier molecular flexibility index (Phi) is 4.20. The SMILES string of the molecule is C[Si](C)(C)C#Cc1ccc2c(c1)C(c1cccs1)=NCC(=O)N2. The van der Waals surface area contributed by atoms with Gasteiger partial charge in [0.15, 0.2) is 0 Å². The van der Waals surface area contributed by atoms with Crippen molar-refractivity contribution in [3.63, 3.8) is 0 Å². The molecule has 0 unspecified atom stereocenters. The Hall–Kier alpha value is -2.16. The number of aliphatic imine (C=N–C) groups is 1. The summed E-state index contributed by atoms with van der Waals surface area (Å²) in [4.78, 5) is 17.4. The van der Waals surface area contributed by atoms with Crippen LogP contribution in [0.25, 0.3) is 0 Å². The molecule has 0 bridgehead atoms. The number of hydrogen-bond donors (Lipinski definition) is 1. The van der Waals surface area contributed by atoms with Crippen LogP contribution in [0.15, 0.2) is 40.7 Å². The van der Waals surface area contributed by atoms with Crippen molar-refractivity contribution in [1.29, 1.82) is 0 Å². The molecule has 2 heterocycles. The molecular formula is C18H18N2OSSi. The molecule has 0 spiro atoms. The van der Waals surface area contributed by atoms with E-state index in [1.807, 2.05) is 35.7 Å². The first-order valence-electron chi connectivity index (χ1n) is 7.48. The van der Waals surface area contributed by atoms with E-state index in [0.29, 0.717) is 0 Å². The van der Waals surface area contributed by atoms with Gasteiger partial charge in [-0.25, -0.2) is 0 Å². The van der Waals surface area contributed by atoms with E-state index in [0.717, 1.165) is 27.4 Å². The number of nitrogens with zero attached hydrogens (tertiary/aromatic N) is 1. The Morgan fingerprint density at radius 1 is 1.26 bits per heavy atom. The third kappa shape index (κ3) is 3.78. The van der Waals surface area contributed by atoms with Crippen molar-refractivity contribution in [2.45, 2.75) is 19.6 Å². The molecule has 23 heavy (non-hydrogen) atoms. The fourth-order valence-electron chi connectivity index (χ4n) is 2.24. The van der Waals surface area contributed by atoms with Gasteiger partial charge in [-0.1, -0.05) is 31.6 Å². The van der Waals surface area contributed by atoms with Gasteiger partial charge in [-0.3, -0.25) is 9.79 Å². The molecule has 0 radical (unpaired) electrons. The highest BCUT2D eigenvalue weighted by molar-refractivity contribution is 7.12. The summed E-state index contributed by atoms with van der Waals surface area (Å²) >= 11 is 1.63. The number of benzodiazepines with no additional fused rings is 1. The van der Waals surface area contributed by atoms with Crippen molar-refractivity contribution in [3.8, 4) is 11.5 Å². The minimum Gasteiger partial charge on any atom is -0.324 e. The summed E-state index contributed by atoms with van der Waals surface area (Å²) in [6.45, 7) is 6.82. The second kappa shape index (κ2) is 6.15. The topological polar surface area (TPSA) is 41.5 Å². The second-order valence-corrected chi connectivity index (χ2v) is 12.1. The molecule has 5 heteroatoms. The van der Waals surface area contributed by atoms with Gasteiger partial charge in [-0.2, -0.15) is 0 Å². The summed E-state index contributed by atoms with van der Waals surface area (Å²) in [7, 11) is -1.43. The van der Waals surface area contributed by atoms with Crippen LogP contribution in [0.1, 0.15) is 16.0 Å². The van der Waals surface area contributed by atoms with E-state index in [4.69, 9.17) is 0 Å². The predicted octanol–water partition coefficient (Wildman–Crippen LogP) is 3.77. The first-order valence-corrected chi connectivity index (χ1v) is 11.9. The molecule has 1 aromatic carbocycles. The fourth-order valence-corrected chi connectivity index (χ4v) is 3.50. The highest BCUT2D eigenvalue weighted by atomic mass is 32.1. The van der Waals surface area contributed by atoms with Gasteiger partial charge in [0.25, 0.3) is 0 Å². The lowest BCUT2D eigenvalue weighted by atomic mass is 10.0. The molecule has 0 aliphatic carbocycles. The molecular weight excluding hydrogens is 320 g/mol. The Balaban J connectivity index is 2.10. The Labute approximate surface area is 141 Å². The molecule has 0 fully saturated rings. The Bertz CT molecular complexity index is 836. The lowest BCUT2D eigenvalue weighted by molar-refractivity contribution is -0.114. The smallest absolute Gasteiger partial charge is 0.246 e. The summed E-state index contributed by atoms with van der Waals surface area (Å²) in [5.74, 6) is 3.20. The van der Waals surface area contributed by atoms with Gasteiger partial charge < -0.3 is 5.32 Å². The number of rotatable bonds is 1. The fraction of sp³-hybridized carbons (Fsp3) is 0.222. The molecule has 3 nitrogen and oxygen atoms in total. The van der Waals surface area contributed by atoms with Gasteiger partial charge >= 0.3 is 0 Å². The van der Waals surface area contributed by atoms with Crippen molar-refractivity contribution in [2.75, 3.05) is 11.9 Å². The summed E-state index contributed by atoms with van der Waals surface area (Å²) in [5.41, 5.74) is 6.96. The Morgan fingerprint density at radius 3 is 2.78 bits per heavy atom. The molecule has 1 amide bonds. The molecule has 1 N–H and O–H groups in total. The summed E-state index contributed by atoms with van der Waals surface area (Å²) < 4.78 is 0. The first kappa shape index (κ1) is 15.7. The van der Waals surface area contributed by atoms with Crippen molar-refractivity contribution >= 4 is 36.7 Å². The van der Waals surface area contributed by atoms with E-state index in [-0.39, 0.29) is 12.5 Å². The maximum absolute atomic E-state index is 11.9. The zero-order valence-corrected chi connectivity index (χ0v) is 15.3. The lowest BCUT2D eigenvalue weighted by Crippen LogP contribution is -2.16. The van der Waals surface area contributed by atoms with Crippen molar-refractivity contribution in [2.24, 2.45) is 4.99 Å². The highest BCUT2D eigenvalue weighted by Crippen LogP contribution is 2.26. The van der Waals surface area contributed by atoms with Gasteiger partial charge in [0.05, 0.1) is 16.3 Å². The second-order valence-electron chi connectivity index (χ2n) is 6.45. The number of carbonyl (C=O) groups excluding carboxylic acids is 1. The van der Waals surface area contributed by atoms with E-state index >= 15 is 0 Å². The van der Waals surface area contributed by atoms with Gasteiger partial charge in [-0.05, 0) is 29.6 Å². The third-order valence-corrected chi connectivity index (χ3v) is 5.02. The number of nitrogens with one attached hydrogen (secondary N) is 1. The molecule has 2 aromatic rings. The van der Waals surface area contributed by atoms with Gasteiger partial charge in [0.1, 0.15) is 14.6 Å². The van der Waals surface area contributed by atoms with Crippen molar-refractivity contribution in [3.05, 3.63) is 51.7 Å². The number of thiophene rings is 1. The first-order chi connectivity index (χ1) is 10.9. The average molecular weight is 339 g/mol. The molecule has 3 rings (SSSR count). The molecule has 1 aromatic heterocycles. The summed E-state index contributed by atoms with van der Waals surface area (Å²) in [6, 6.07) is 9.95. The van der Waals surface area contributed by atoms with Crippen LogP contribution >= 0.6 is 11.3 Å². The maximum atomic E-state index is 11.9. The van der Waals surface area contributed by atoms with E-state index in [9.17, 15) is 4.79 Å². The largest absolute Gasteiger partial charge is 0.324 e. The third-order valence-electron chi connectivity index (χ3n) is 3.27. The zero-order chi connectivity index (χ0) is 16.4. The molecule has 0 saturated carbocycles. The van der Waals surface area contributed by atoms with E-state index in [1.54, 1.807) is 11.3 Å².